The molecule has 1 aromatic carbocycles. The van der Waals surface area contributed by atoms with Crippen molar-refractivity contribution < 1.29 is 14.0 Å². The Bertz CT molecular complexity index is 801. The second-order valence-corrected chi connectivity index (χ2v) is 7.36. The molecule has 2 amide bonds. The maximum Gasteiger partial charge on any atom is 0.248 e. The molecule has 2 fully saturated rings. The van der Waals surface area contributed by atoms with Gasteiger partial charge in [0.1, 0.15) is 11.9 Å². The van der Waals surface area contributed by atoms with Crippen LogP contribution in [0.1, 0.15) is 25.7 Å². The van der Waals surface area contributed by atoms with Crippen molar-refractivity contribution in [3.8, 4) is 11.3 Å². The van der Waals surface area contributed by atoms with Crippen LogP contribution in [0.25, 0.3) is 11.3 Å². The van der Waals surface area contributed by atoms with Crippen molar-refractivity contribution in [1.82, 2.24) is 9.88 Å². The van der Waals surface area contributed by atoms with E-state index in [1.807, 2.05) is 5.38 Å². The fraction of sp³-hybridized carbons (Fsp3) is 0.389. The highest BCUT2D eigenvalue weighted by molar-refractivity contribution is 7.14. The van der Waals surface area contributed by atoms with E-state index in [2.05, 4.69) is 10.3 Å². The zero-order chi connectivity index (χ0) is 17.4. The third kappa shape index (κ3) is 3.42. The molecular weight excluding hydrogens is 341 g/mol. The number of carbonyl (C=O) groups excluding carboxylic acids is 2. The molecule has 0 radical (unpaired) electrons. The number of anilines is 1. The molecule has 2 heterocycles. The van der Waals surface area contributed by atoms with Crippen molar-refractivity contribution in [3.63, 3.8) is 0 Å². The van der Waals surface area contributed by atoms with Crippen LogP contribution in [0.2, 0.25) is 0 Å². The van der Waals surface area contributed by atoms with E-state index >= 15 is 0 Å². The van der Waals surface area contributed by atoms with Crippen LogP contribution in [0.15, 0.2) is 29.6 Å². The van der Waals surface area contributed by atoms with Gasteiger partial charge >= 0.3 is 0 Å². The third-order valence-electron chi connectivity index (χ3n) is 4.64. The van der Waals surface area contributed by atoms with Gasteiger partial charge in [0, 0.05) is 23.4 Å². The van der Waals surface area contributed by atoms with Gasteiger partial charge in [-0.3, -0.25) is 9.59 Å². The second kappa shape index (κ2) is 6.55. The number of nitrogens with one attached hydrogen (secondary N) is 1. The van der Waals surface area contributed by atoms with E-state index in [9.17, 15) is 14.0 Å². The van der Waals surface area contributed by atoms with Gasteiger partial charge in [-0.25, -0.2) is 9.37 Å². The minimum Gasteiger partial charge on any atom is -0.330 e. The lowest BCUT2D eigenvalue weighted by molar-refractivity contribution is -0.137. The van der Waals surface area contributed by atoms with Crippen LogP contribution in [0.4, 0.5) is 9.52 Å². The van der Waals surface area contributed by atoms with Gasteiger partial charge in [0.05, 0.1) is 5.69 Å². The number of amides is 2. The summed E-state index contributed by atoms with van der Waals surface area (Å²) in [6.45, 7) is 0.659. The van der Waals surface area contributed by atoms with Gasteiger partial charge in [-0.1, -0.05) is 0 Å². The van der Waals surface area contributed by atoms with Crippen molar-refractivity contribution in [2.75, 3.05) is 11.9 Å². The van der Waals surface area contributed by atoms with Crippen molar-refractivity contribution in [1.29, 1.82) is 0 Å². The number of likely N-dealkylation sites (tertiary alicyclic amines) is 1. The average Bonchev–Trinajstić information content (AvgIpc) is 3.15. The van der Waals surface area contributed by atoms with Crippen LogP contribution in [0.5, 0.6) is 0 Å². The van der Waals surface area contributed by atoms with Crippen molar-refractivity contribution in [3.05, 3.63) is 35.5 Å². The summed E-state index contributed by atoms with van der Waals surface area (Å²) in [4.78, 5) is 31.0. The standard InChI is InChI=1S/C18H18FN3O2S/c19-13-7-5-11(6-8-13)14-10-25-18(20-14)21-16(23)15-2-1-9-22(15)17(24)12-3-4-12/h5-8,10,12,15H,1-4,9H2,(H,20,21,23)/t15-/m1/s1. The molecule has 0 bridgehead atoms. The lowest BCUT2D eigenvalue weighted by Gasteiger charge is -2.23. The van der Waals surface area contributed by atoms with E-state index in [4.69, 9.17) is 0 Å². The van der Waals surface area contributed by atoms with Crippen molar-refractivity contribution >= 4 is 28.3 Å². The zero-order valence-corrected chi connectivity index (χ0v) is 14.4. The van der Waals surface area contributed by atoms with E-state index in [1.165, 1.54) is 23.5 Å². The number of halogens is 1. The zero-order valence-electron chi connectivity index (χ0n) is 13.6. The lowest BCUT2D eigenvalue weighted by atomic mass is 10.2. The molecule has 2 aliphatic rings. The average molecular weight is 359 g/mol. The molecule has 1 saturated heterocycles. The molecule has 25 heavy (non-hydrogen) atoms. The fourth-order valence-corrected chi connectivity index (χ4v) is 3.86. The Morgan fingerprint density at radius 1 is 1.20 bits per heavy atom. The Balaban J connectivity index is 1.44. The normalized spacial score (nSPS) is 19.9. The number of aromatic nitrogens is 1. The molecule has 5 nitrogen and oxygen atoms in total. The van der Waals surface area contributed by atoms with E-state index in [-0.39, 0.29) is 23.5 Å². The van der Waals surface area contributed by atoms with Crippen LogP contribution >= 0.6 is 11.3 Å². The van der Waals surface area contributed by atoms with E-state index in [0.29, 0.717) is 23.8 Å². The highest BCUT2D eigenvalue weighted by Gasteiger charge is 2.40. The van der Waals surface area contributed by atoms with Gasteiger partial charge in [0.25, 0.3) is 0 Å². The van der Waals surface area contributed by atoms with Crippen LogP contribution in [-0.4, -0.2) is 34.3 Å². The smallest absolute Gasteiger partial charge is 0.248 e. The Morgan fingerprint density at radius 3 is 2.68 bits per heavy atom. The van der Waals surface area contributed by atoms with Crippen LogP contribution in [0, 0.1) is 11.7 Å². The topological polar surface area (TPSA) is 62.3 Å². The fourth-order valence-electron chi connectivity index (χ4n) is 3.14. The quantitative estimate of drug-likeness (QED) is 0.911. The van der Waals surface area contributed by atoms with Crippen molar-refractivity contribution in [2.24, 2.45) is 5.92 Å². The van der Waals surface area contributed by atoms with Gasteiger partial charge in [0.2, 0.25) is 11.8 Å². The molecule has 7 heteroatoms. The molecule has 1 saturated carbocycles. The first-order valence-electron chi connectivity index (χ1n) is 8.44. The molecule has 1 aromatic heterocycles. The first kappa shape index (κ1) is 16.2. The number of thiazole rings is 1. The van der Waals surface area contributed by atoms with Gasteiger partial charge in [-0.2, -0.15) is 0 Å². The molecule has 130 valence electrons. The van der Waals surface area contributed by atoms with Crippen LogP contribution in [0.3, 0.4) is 0 Å². The molecule has 4 rings (SSSR count). The summed E-state index contributed by atoms with van der Waals surface area (Å²) in [5, 5.41) is 5.15. The van der Waals surface area contributed by atoms with Gasteiger partial charge in [-0.15, -0.1) is 11.3 Å². The minimum absolute atomic E-state index is 0.115. The maximum atomic E-state index is 13.0. The van der Waals surface area contributed by atoms with Crippen LogP contribution in [-0.2, 0) is 9.59 Å². The number of hydrogen-bond acceptors (Lipinski definition) is 4. The molecular formula is C18H18FN3O2S. The number of nitrogens with zero attached hydrogens (tertiary/aromatic N) is 2. The summed E-state index contributed by atoms with van der Waals surface area (Å²) in [6.07, 6.45) is 3.43. The molecule has 1 atom stereocenters. The minimum atomic E-state index is -0.397. The van der Waals surface area contributed by atoms with E-state index < -0.39 is 6.04 Å². The summed E-state index contributed by atoms with van der Waals surface area (Å²) in [7, 11) is 0. The molecule has 1 aliphatic carbocycles. The van der Waals surface area contributed by atoms with E-state index in [0.717, 1.165) is 24.8 Å². The predicted molar refractivity (Wildman–Crippen MR) is 93.6 cm³/mol. The van der Waals surface area contributed by atoms with Gasteiger partial charge < -0.3 is 10.2 Å². The maximum absolute atomic E-state index is 13.0. The van der Waals surface area contributed by atoms with Gasteiger partial charge in [-0.05, 0) is 49.9 Å². The Kier molecular flexibility index (Phi) is 4.25. The largest absolute Gasteiger partial charge is 0.330 e. The highest BCUT2D eigenvalue weighted by Crippen LogP contribution is 2.34. The molecule has 2 aromatic rings. The number of benzene rings is 1. The van der Waals surface area contributed by atoms with Crippen LogP contribution < -0.4 is 5.32 Å². The molecule has 0 spiro atoms. The first-order valence-corrected chi connectivity index (χ1v) is 9.32. The first-order chi connectivity index (χ1) is 12.1. The third-order valence-corrected chi connectivity index (χ3v) is 5.40. The second-order valence-electron chi connectivity index (χ2n) is 6.50. The summed E-state index contributed by atoms with van der Waals surface area (Å²) < 4.78 is 13.0. The predicted octanol–water partition coefficient (Wildman–Crippen LogP) is 3.29. The number of hydrogen-bond donors (Lipinski definition) is 1. The Labute approximate surface area is 148 Å². The van der Waals surface area contributed by atoms with Crippen molar-refractivity contribution in [2.45, 2.75) is 31.7 Å². The molecule has 1 N–H and O–H groups in total. The monoisotopic (exact) mass is 359 g/mol. The summed E-state index contributed by atoms with van der Waals surface area (Å²) >= 11 is 1.32. The summed E-state index contributed by atoms with van der Waals surface area (Å²) in [6, 6.07) is 5.68. The Hall–Kier alpha value is -2.28. The highest BCUT2D eigenvalue weighted by atomic mass is 32.1. The SMILES string of the molecule is O=C(Nc1nc(-c2ccc(F)cc2)cs1)[C@H]1CCCN1C(=O)C1CC1. The molecule has 1 aliphatic heterocycles. The number of carbonyl (C=O) groups is 2. The molecule has 0 unspecified atom stereocenters. The Morgan fingerprint density at radius 2 is 1.96 bits per heavy atom. The summed E-state index contributed by atoms with van der Waals surface area (Å²) in [5.74, 6) is -0.234. The summed E-state index contributed by atoms with van der Waals surface area (Å²) in [5.41, 5.74) is 1.49. The number of rotatable bonds is 4. The van der Waals surface area contributed by atoms with E-state index in [1.54, 1.807) is 17.0 Å². The lowest BCUT2D eigenvalue weighted by Crippen LogP contribution is -2.43. The van der Waals surface area contributed by atoms with Gasteiger partial charge in [0.15, 0.2) is 5.13 Å².